The van der Waals surface area contributed by atoms with Gasteiger partial charge < -0.3 is 5.73 Å². The first-order valence-electron chi connectivity index (χ1n) is 6.87. The zero-order chi connectivity index (χ0) is 12.2. The van der Waals surface area contributed by atoms with Crippen LogP contribution in [0, 0.1) is 17.3 Å². The smallest absolute Gasteiger partial charge is 0.0136 e. The van der Waals surface area contributed by atoms with E-state index in [1.165, 1.54) is 31.3 Å². The summed E-state index contributed by atoms with van der Waals surface area (Å²) in [5.74, 6) is 1.72. The van der Waals surface area contributed by atoms with Crippen molar-refractivity contribution in [2.75, 3.05) is 6.54 Å². The van der Waals surface area contributed by atoms with Crippen LogP contribution in [-0.2, 0) is 0 Å². The van der Waals surface area contributed by atoms with Gasteiger partial charge in [-0.05, 0) is 49.4 Å². The number of hydrogen-bond donors (Lipinski definition) is 1. The Morgan fingerprint density at radius 2 is 1.75 bits per heavy atom. The zero-order valence-corrected chi connectivity index (χ0v) is 11.6. The highest BCUT2D eigenvalue weighted by atomic mass is 14.5. The van der Waals surface area contributed by atoms with Crippen molar-refractivity contribution in [1.29, 1.82) is 0 Å². The van der Waals surface area contributed by atoms with Gasteiger partial charge in [0.2, 0.25) is 0 Å². The third kappa shape index (κ3) is 3.93. The first kappa shape index (κ1) is 13.8. The second-order valence-electron chi connectivity index (χ2n) is 6.36. The predicted octanol–water partition coefficient (Wildman–Crippen LogP) is 4.13. The van der Waals surface area contributed by atoms with Crippen LogP contribution in [-0.4, -0.2) is 6.54 Å². The lowest BCUT2D eigenvalue weighted by Crippen LogP contribution is -2.25. The van der Waals surface area contributed by atoms with Gasteiger partial charge >= 0.3 is 0 Å². The lowest BCUT2D eigenvalue weighted by Gasteiger charge is -2.36. The van der Waals surface area contributed by atoms with E-state index in [4.69, 9.17) is 5.73 Å². The van der Waals surface area contributed by atoms with Crippen molar-refractivity contribution >= 4 is 0 Å². The fourth-order valence-electron chi connectivity index (χ4n) is 2.82. The summed E-state index contributed by atoms with van der Waals surface area (Å²) in [6.07, 6.45) is 9.10. The molecule has 1 aliphatic rings. The third-order valence-corrected chi connectivity index (χ3v) is 4.18. The molecule has 94 valence electrons. The van der Waals surface area contributed by atoms with Crippen LogP contribution < -0.4 is 5.73 Å². The van der Waals surface area contributed by atoms with Gasteiger partial charge in [-0.15, -0.1) is 0 Å². The zero-order valence-electron chi connectivity index (χ0n) is 11.6. The Bertz CT molecular complexity index is 220. The topological polar surface area (TPSA) is 26.0 Å². The van der Waals surface area contributed by atoms with E-state index in [9.17, 15) is 0 Å². The van der Waals surface area contributed by atoms with Gasteiger partial charge in [-0.1, -0.05) is 39.3 Å². The van der Waals surface area contributed by atoms with E-state index in [0.717, 1.165) is 24.8 Å². The van der Waals surface area contributed by atoms with Gasteiger partial charge in [0.15, 0.2) is 0 Å². The predicted molar refractivity (Wildman–Crippen MR) is 72.3 cm³/mol. The summed E-state index contributed by atoms with van der Waals surface area (Å²) in [5.41, 5.74) is 7.67. The highest BCUT2D eigenvalue weighted by Gasteiger charge is 2.28. The molecule has 1 nitrogen and oxygen atoms in total. The van der Waals surface area contributed by atoms with Crippen LogP contribution in [0.15, 0.2) is 11.6 Å². The quantitative estimate of drug-likeness (QED) is 0.715. The van der Waals surface area contributed by atoms with Crippen molar-refractivity contribution in [2.45, 2.75) is 59.8 Å². The van der Waals surface area contributed by atoms with Crippen LogP contribution in [0.2, 0.25) is 0 Å². The van der Waals surface area contributed by atoms with E-state index in [1.54, 1.807) is 0 Å². The molecule has 0 spiro atoms. The molecule has 0 amide bonds. The highest BCUT2D eigenvalue weighted by molar-refractivity contribution is 5.06. The normalized spacial score (nSPS) is 28.2. The number of allylic oxidation sites excluding steroid dienone is 1. The largest absolute Gasteiger partial charge is 0.327 e. The Morgan fingerprint density at radius 3 is 2.12 bits per heavy atom. The lowest BCUT2D eigenvalue weighted by molar-refractivity contribution is 0.162. The van der Waals surface area contributed by atoms with Crippen molar-refractivity contribution in [1.82, 2.24) is 0 Å². The van der Waals surface area contributed by atoms with Crippen molar-refractivity contribution in [3.05, 3.63) is 11.6 Å². The molecule has 2 N–H and O–H groups in total. The molecular formula is C15H29N. The monoisotopic (exact) mass is 223 g/mol. The molecule has 0 heterocycles. The van der Waals surface area contributed by atoms with Gasteiger partial charge in [0, 0.05) is 6.54 Å². The van der Waals surface area contributed by atoms with Crippen LogP contribution in [0.3, 0.4) is 0 Å². The fraction of sp³-hybridized carbons (Fsp3) is 0.867. The minimum Gasteiger partial charge on any atom is -0.327 e. The summed E-state index contributed by atoms with van der Waals surface area (Å²) >= 11 is 0. The van der Waals surface area contributed by atoms with Gasteiger partial charge in [-0.2, -0.15) is 0 Å². The lowest BCUT2D eigenvalue weighted by atomic mass is 9.69. The summed E-state index contributed by atoms with van der Waals surface area (Å²) in [7, 11) is 0. The van der Waals surface area contributed by atoms with Crippen molar-refractivity contribution in [2.24, 2.45) is 23.0 Å². The van der Waals surface area contributed by atoms with Crippen molar-refractivity contribution < 1.29 is 0 Å². The molecule has 1 saturated carbocycles. The maximum absolute atomic E-state index is 5.73. The number of rotatable bonds is 3. The maximum atomic E-state index is 5.73. The van der Waals surface area contributed by atoms with Gasteiger partial charge in [0.25, 0.3) is 0 Å². The maximum Gasteiger partial charge on any atom is 0.0136 e. The Hall–Kier alpha value is -0.300. The van der Waals surface area contributed by atoms with Gasteiger partial charge in [0.1, 0.15) is 0 Å². The molecular weight excluding hydrogens is 194 g/mol. The highest BCUT2D eigenvalue weighted by Crippen LogP contribution is 2.40. The molecule has 1 aliphatic carbocycles. The van der Waals surface area contributed by atoms with Crippen LogP contribution >= 0.6 is 0 Å². The Kier molecular flexibility index (Phi) is 5.04. The molecule has 0 aliphatic heterocycles. The van der Waals surface area contributed by atoms with E-state index in [1.807, 2.05) is 0 Å². The SMILES string of the molecule is CCC(=CC1CCC(C(C)(C)C)CC1)CN. The van der Waals surface area contributed by atoms with Gasteiger partial charge in [0.05, 0.1) is 0 Å². The first-order chi connectivity index (χ1) is 7.47. The molecule has 0 saturated heterocycles. The van der Waals surface area contributed by atoms with Crippen LogP contribution in [0.4, 0.5) is 0 Å². The Morgan fingerprint density at radius 1 is 1.19 bits per heavy atom. The molecule has 0 radical (unpaired) electrons. The standard InChI is InChI=1S/C15H29N/c1-5-12(11-16)10-13-6-8-14(9-7-13)15(2,3)4/h10,13-14H,5-9,11,16H2,1-4H3. The molecule has 0 aromatic heterocycles. The summed E-state index contributed by atoms with van der Waals surface area (Å²) in [6, 6.07) is 0. The fourth-order valence-corrected chi connectivity index (χ4v) is 2.82. The van der Waals surface area contributed by atoms with Crippen molar-refractivity contribution in [3.63, 3.8) is 0 Å². The van der Waals surface area contributed by atoms with Crippen LogP contribution in [0.1, 0.15) is 59.8 Å². The first-order valence-corrected chi connectivity index (χ1v) is 6.87. The van der Waals surface area contributed by atoms with Crippen molar-refractivity contribution in [3.8, 4) is 0 Å². The second kappa shape index (κ2) is 5.86. The van der Waals surface area contributed by atoms with E-state index < -0.39 is 0 Å². The molecule has 1 heteroatoms. The molecule has 0 aromatic rings. The molecule has 1 rings (SSSR count). The van der Waals surface area contributed by atoms with Crippen LogP contribution in [0.25, 0.3) is 0 Å². The molecule has 1 fully saturated rings. The van der Waals surface area contributed by atoms with Crippen LogP contribution in [0.5, 0.6) is 0 Å². The minimum atomic E-state index is 0.496. The van der Waals surface area contributed by atoms with Gasteiger partial charge in [-0.25, -0.2) is 0 Å². The Labute approximate surface area is 101 Å². The Balaban J connectivity index is 2.46. The van der Waals surface area contributed by atoms with E-state index >= 15 is 0 Å². The van der Waals surface area contributed by atoms with E-state index in [2.05, 4.69) is 33.8 Å². The number of hydrogen-bond acceptors (Lipinski definition) is 1. The van der Waals surface area contributed by atoms with Gasteiger partial charge in [-0.3, -0.25) is 0 Å². The third-order valence-electron chi connectivity index (χ3n) is 4.18. The molecule has 0 aromatic carbocycles. The summed E-state index contributed by atoms with van der Waals surface area (Å²) in [4.78, 5) is 0. The average molecular weight is 223 g/mol. The number of nitrogens with two attached hydrogens (primary N) is 1. The molecule has 0 atom stereocenters. The second-order valence-corrected chi connectivity index (χ2v) is 6.36. The van der Waals surface area contributed by atoms with E-state index in [0.29, 0.717) is 5.41 Å². The summed E-state index contributed by atoms with van der Waals surface area (Å²) < 4.78 is 0. The summed E-state index contributed by atoms with van der Waals surface area (Å²) in [5, 5.41) is 0. The molecule has 0 unspecified atom stereocenters. The van der Waals surface area contributed by atoms with E-state index in [-0.39, 0.29) is 0 Å². The molecule has 0 bridgehead atoms. The average Bonchev–Trinajstić information content (AvgIpc) is 2.25. The summed E-state index contributed by atoms with van der Waals surface area (Å²) in [6.45, 7) is 10.1. The molecule has 16 heavy (non-hydrogen) atoms. The minimum absolute atomic E-state index is 0.496.